The average molecular weight is 88.2 g/mol. The first-order chi connectivity index (χ1) is 2.41. The van der Waals surface area contributed by atoms with Crippen LogP contribution >= 0.6 is 11.8 Å². The Bertz CT molecular complexity index is 11.1. The van der Waals surface area contributed by atoms with Crippen LogP contribution in [0.4, 0.5) is 0 Å². The van der Waals surface area contributed by atoms with E-state index in [2.05, 4.69) is 12.7 Å². The van der Waals surface area contributed by atoms with E-state index < -0.39 is 0 Å². The fourth-order valence-electron chi connectivity index (χ4n) is 0.118. The van der Waals surface area contributed by atoms with Crippen LogP contribution in [0.1, 0.15) is 6.42 Å². The van der Waals surface area contributed by atoms with Crippen molar-refractivity contribution in [3.8, 4) is 0 Å². The van der Waals surface area contributed by atoms with Crippen LogP contribution < -0.4 is 0 Å². The lowest BCUT2D eigenvalue weighted by atomic mass is 10.6. The van der Waals surface area contributed by atoms with Gasteiger partial charge in [-0.05, 0) is 12.7 Å². The maximum absolute atomic E-state index is 3.60. The zero-order chi connectivity index (χ0) is 4.12. The topological polar surface area (TPSA) is 0 Å². The van der Waals surface area contributed by atoms with Crippen molar-refractivity contribution in [2.24, 2.45) is 0 Å². The molecule has 0 nitrogen and oxygen atoms in total. The van der Waals surface area contributed by atoms with Crippen LogP contribution in [0.3, 0.4) is 0 Å². The molecule has 0 fully saturated rings. The zero-order valence-electron chi connectivity index (χ0n) is 3.40. The van der Waals surface area contributed by atoms with Crippen molar-refractivity contribution in [2.45, 2.75) is 6.42 Å². The molecule has 0 bridgehead atoms. The van der Waals surface area contributed by atoms with Gasteiger partial charge >= 0.3 is 0 Å². The van der Waals surface area contributed by atoms with Crippen molar-refractivity contribution in [1.29, 1.82) is 0 Å². The Labute approximate surface area is 38.0 Å². The molecular weight excluding hydrogens is 80.1 g/mol. The molecule has 0 saturated heterocycles. The molecule has 0 rings (SSSR count). The van der Waals surface area contributed by atoms with Gasteiger partial charge in [0.1, 0.15) is 0 Å². The van der Waals surface area contributed by atoms with Crippen LogP contribution in [0, 0.1) is 12.7 Å². The Morgan fingerprint density at radius 1 is 2.00 bits per heavy atom. The molecular formula is C4H8S. The maximum atomic E-state index is 3.60. The highest BCUT2D eigenvalue weighted by Gasteiger charge is 1.69. The summed E-state index contributed by atoms with van der Waals surface area (Å²) in [5.41, 5.74) is 0. The molecule has 0 N–H and O–H groups in total. The summed E-state index contributed by atoms with van der Waals surface area (Å²) in [5.74, 6) is 2.06. The number of hydrogen-bond donors (Lipinski definition) is 0. The summed E-state index contributed by atoms with van der Waals surface area (Å²) in [6.07, 6.45) is 2.96. The van der Waals surface area contributed by atoms with Crippen LogP contribution in [0.5, 0.6) is 0 Å². The van der Waals surface area contributed by atoms with E-state index in [0.717, 1.165) is 6.42 Å². The second-order valence-electron chi connectivity index (χ2n) is 0.691. The van der Waals surface area contributed by atoms with E-state index in [0.29, 0.717) is 0 Å². The van der Waals surface area contributed by atoms with Crippen LogP contribution in [0.2, 0.25) is 0 Å². The minimum absolute atomic E-state index is 0.932. The predicted molar refractivity (Wildman–Crippen MR) is 27.8 cm³/mol. The maximum Gasteiger partial charge on any atom is 0.0163 e. The van der Waals surface area contributed by atoms with Gasteiger partial charge in [0.2, 0.25) is 0 Å². The Morgan fingerprint density at radius 3 is 2.60 bits per heavy atom. The smallest absolute Gasteiger partial charge is 0.0163 e. The number of rotatable bonds is 2. The van der Waals surface area contributed by atoms with Crippen molar-refractivity contribution in [3.63, 3.8) is 0 Å². The SMILES string of the molecule is [CH2]C[CH]SC. The molecule has 0 unspecified atom stereocenters. The minimum atomic E-state index is 0.932. The zero-order valence-corrected chi connectivity index (χ0v) is 4.22. The molecule has 0 amide bonds. The predicted octanol–water partition coefficient (Wildman–Crippen LogP) is 1.74. The molecule has 0 aromatic heterocycles. The summed E-state index contributed by atoms with van der Waals surface area (Å²) in [4.78, 5) is 0. The van der Waals surface area contributed by atoms with Gasteiger partial charge in [0, 0.05) is 5.75 Å². The van der Waals surface area contributed by atoms with Gasteiger partial charge in [0.15, 0.2) is 0 Å². The number of hydrogen-bond acceptors (Lipinski definition) is 1. The van der Waals surface area contributed by atoms with Gasteiger partial charge in [-0.25, -0.2) is 0 Å². The van der Waals surface area contributed by atoms with Crippen LogP contribution in [0.25, 0.3) is 0 Å². The molecule has 0 aromatic rings. The Morgan fingerprint density at radius 2 is 2.60 bits per heavy atom. The molecule has 0 aliphatic heterocycles. The van der Waals surface area contributed by atoms with E-state index >= 15 is 0 Å². The van der Waals surface area contributed by atoms with Crippen LogP contribution in [0.15, 0.2) is 0 Å². The molecule has 0 spiro atoms. The Balaban J connectivity index is 2.19. The third kappa shape index (κ3) is 4.35. The van der Waals surface area contributed by atoms with E-state index in [1.165, 1.54) is 0 Å². The molecule has 5 heavy (non-hydrogen) atoms. The molecule has 0 atom stereocenters. The lowest BCUT2D eigenvalue weighted by molar-refractivity contribution is 1.38. The van der Waals surface area contributed by atoms with Crippen molar-refractivity contribution in [3.05, 3.63) is 12.7 Å². The van der Waals surface area contributed by atoms with E-state index in [4.69, 9.17) is 0 Å². The van der Waals surface area contributed by atoms with Crippen molar-refractivity contribution in [1.82, 2.24) is 0 Å². The largest absolute Gasteiger partial charge is 0.161 e. The monoisotopic (exact) mass is 88.0 g/mol. The van der Waals surface area contributed by atoms with E-state index in [1.54, 1.807) is 11.8 Å². The van der Waals surface area contributed by atoms with Gasteiger partial charge in [-0.15, -0.1) is 0 Å². The lowest BCUT2D eigenvalue weighted by Crippen LogP contribution is -1.54. The van der Waals surface area contributed by atoms with Crippen molar-refractivity contribution in [2.75, 3.05) is 6.26 Å². The molecule has 0 aliphatic rings. The average Bonchev–Trinajstić information content (AvgIpc) is 1.41. The molecule has 0 aromatic carbocycles. The third-order valence-electron chi connectivity index (χ3n) is 0.285. The second-order valence-corrected chi connectivity index (χ2v) is 1.50. The van der Waals surface area contributed by atoms with Crippen molar-refractivity contribution >= 4 is 11.8 Å². The summed E-state index contributed by atoms with van der Waals surface area (Å²) in [6.45, 7) is 3.60. The Kier molecular flexibility index (Phi) is 4.65. The normalized spacial score (nSPS) is 8.40. The summed E-state index contributed by atoms with van der Waals surface area (Å²) >= 11 is 1.71. The van der Waals surface area contributed by atoms with E-state index in [9.17, 15) is 0 Å². The van der Waals surface area contributed by atoms with E-state index in [-0.39, 0.29) is 0 Å². The molecule has 0 heterocycles. The quantitative estimate of drug-likeness (QED) is 0.495. The first-order valence-electron chi connectivity index (χ1n) is 1.55. The standard InChI is InChI=1S/C4H8S/c1-3-4-5-2/h4H,1,3H2,2H3. The molecule has 0 aliphatic carbocycles. The van der Waals surface area contributed by atoms with Gasteiger partial charge in [-0.2, -0.15) is 11.8 Å². The summed E-state index contributed by atoms with van der Waals surface area (Å²) in [6, 6.07) is 0. The van der Waals surface area contributed by atoms with Gasteiger partial charge in [0.05, 0.1) is 0 Å². The first-order valence-corrected chi connectivity index (χ1v) is 2.84. The summed E-state index contributed by atoms with van der Waals surface area (Å²) < 4.78 is 0. The van der Waals surface area contributed by atoms with Gasteiger partial charge in [-0.3, -0.25) is 0 Å². The Hall–Kier alpha value is 0.350. The van der Waals surface area contributed by atoms with Crippen LogP contribution in [-0.4, -0.2) is 6.26 Å². The molecule has 1 heteroatoms. The lowest BCUT2D eigenvalue weighted by Gasteiger charge is -1.78. The van der Waals surface area contributed by atoms with Crippen LogP contribution in [-0.2, 0) is 0 Å². The minimum Gasteiger partial charge on any atom is -0.161 e. The van der Waals surface area contributed by atoms with Gasteiger partial charge in [0.25, 0.3) is 0 Å². The molecule has 0 saturated carbocycles. The highest BCUT2D eigenvalue weighted by molar-refractivity contribution is 8.00. The highest BCUT2D eigenvalue weighted by Crippen LogP contribution is 1.98. The van der Waals surface area contributed by atoms with E-state index in [1.807, 2.05) is 6.26 Å². The fraction of sp³-hybridized carbons (Fsp3) is 0.500. The second kappa shape index (κ2) is 4.35. The van der Waals surface area contributed by atoms with Crippen molar-refractivity contribution < 1.29 is 0 Å². The third-order valence-corrected chi connectivity index (χ3v) is 0.854. The molecule has 30 valence electrons. The molecule has 2 radical (unpaired) electrons. The van der Waals surface area contributed by atoms with Gasteiger partial charge < -0.3 is 0 Å². The summed E-state index contributed by atoms with van der Waals surface area (Å²) in [7, 11) is 0. The number of thioether (sulfide) groups is 1. The van der Waals surface area contributed by atoms with Gasteiger partial charge in [-0.1, -0.05) is 6.92 Å². The summed E-state index contributed by atoms with van der Waals surface area (Å²) in [5, 5.41) is 0. The fourth-order valence-corrected chi connectivity index (χ4v) is 0.354. The first kappa shape index (κ1) is 5.35. The highest BCUT2D eigenvalue weighted by atomic mass is 32.2.